The van der Waals surface area contributed by atoms with Crippen LogP contribution >= 0.6 is 0 Å². The second-order valence-corrected chi connectivity index (χ2v) is 7.77. The maximum atomic E-state index is 15.1. The molecule has 0 spiro atoms. The minimum atomic E-state index is -3.48. The van der Waals surface area contributed by atoms with Gasteiger partial charge in [-0.2, -0.15) is 0 Å². The molecule has 188 valence electrons. The van der Waals surface area contributed by atoms with Crippen LogP contribution in [0.1, 0.15) is 23.2 Å². The SMILES string of the molecule is Cc1cnc(N)c2c(-c3ccc(NC(=O)C(O)c4cc(F)cc(F)c4)c(F)c3F)nc(C(O)(O)O)n12. The van der Waals surface area contributed by atoms with E-state index in [1.165, 1.54) is 13.1 Å². The molecule has 0 aliphatic carbocycles. The Kier molecular flexibility index (Phi) is 6.13. The highest BCUT2D eigenvalue weighted by molar-refractivity contribution is 5.95. The number of aromatic nitrogens is 3. The zero-order valence-corrected chi connectivity index (χ0v) is 18.2. The van der Waals surface area contributed by atoms with E-state index in [4.69, 9.17) is 5.73 Å². The van der Waals surface area contributed by atoms with Gasteiger partial charge in [-0.05, 0) is 36.8 Å². The van der Waals surface area contributed by atoms with Crippen LogP contribution in [0, 0.1) is 30.2 Å². The Hall–Kier alpha value is -4.11. The zero-order valence-electron chi connectivity index (χ0n) is 18.2. The van der Waals surface area contributed by atoms with E-state index in [0.29, 0.717) is 18.2 Å². The first-order valence-corrected chi connectivity index (χ1v) is 10.0. The smallest absolute Gasteiger partial charge is 0.339 e. The molecule has 2 aromatic carbocycles. The minimum Gasteiger partial charge on any atom is -0.382 e. The van der Waals surface area contributed by atoms with Crippen LogP contribution in [0.15, 0.2) is 36.5 Å². The molecule has 0 bridgehead atoms. The molecule has 7 N–H and O–H groups in total. The number of rotatable bonds is 5. The van der Waals surface area contributed by atoms with Crippen molar-refractivity contribution in [2.45, 2.75) is 19.0 Å². The van der Waals surface area contributed by atoms with E-state index < -0.39 is 69.6 Å². The summed E-state index contributed by atoms with van der Waals surface area (Å²) >= 11 is 0. The van der Waals surface area contributed by atoms with E-state index in [1.54, 1.807) is 0 Å². The van der Waals surface area contributed by atoms with Crippen molar-refractivity contribution in [3.8, 4) is 11.3 Å². The number of carbonyl (C=O) groups excluding carboxylic acids is 1. The van der Waals surface area contributed by atoms with Crippen LogP contribution in [0.25, 0.3) is 16.8 Å². The number of amides is 1. The third-order valence-electron chi connectivity index (χ3n) is 5.21. The van der Waals surface area contributed by atoms with Gasteiger partial charge in [-0.1, -0.05) is 0 Å². The van der Waals surface area contributed by atoms with Crippen LogP contribution in [-0.4, -0.2) is 40.7 Å². The summed E-state index contributed by atoms with van der Waals surface area (Å²) in [5.41, 5.74) is 3.72. The molecular weight excluding hydrogens is 490 g/mol. The van der Waals surface area contributed by atoms with Crippen LogP contribution in [0.5, 0.6) is 0 Å². The number of imidazole rings is 1. The average molecular weight is 507 g/mol. The summed E-state index contributed by atoms with van der Waals surface area (Å²) in [7, 11) is 0. The summed E-state index contributed by atoms with van der Waals surface area (Å²) in [6.45, 7) is 1.45. The second-order valence-electron chi connectivity index (χ2n) is 7.77. The fraction of sp³-hybridized carbons (Fsp3) is 0.136. The van der Waals surface area contributed by atoms with Crippen molar-refractivity contribution >= 4 is 22.9 Å². The molecule has 4 rings (SSSR count). The summed E-state index contributed by atoms with van der Waals surface area (Å²) in [6.07, 6.45) is -0.897. The normalized spacial score (nSPS) is 12.7. The first-order valence-electron chi connectivity index (χ1n) is 10.0. The lowest BCUT2D eigenvalue weighted by molar-refractivity contribution is -0.329. The fourth-order valence-electron chi connectivity index (χ4n) is 3.61. The number of aryl methyl sites for hydroxylation is 1. The van der Waals surface area contributed by atoms with Gasteiger partial charge < -0.3 is 31.5 Å². The van der Waals surface area contributed by atoms with E-state index in [0.717, 1.165) is 16.5 Å². The van der Waals surface area contributed by atoms with Crippen LogP contribution in [0.4, 0.5) is 29.1 Å². The molecule has 1 unspecified atom stereocenters. The number of halogens is 4. The predicted molar refractivity (Wildman–Crippen MR) is 116 cm³/mol. The van der Waals surface area contributed by atoms with Crippen LogP contribution in [0.2, 0.25) is 0 Å². The topological polar surface area (TPSA) is 166 Å². The summed E-state index contributed by atoms with van der Waals surface area (Å²) < 4.78 is 57.8. The van der Waals surface area contributed by atoms with Gasteiger partial charge >= 0.3 is 5.97 Å². The van der Waals surface area contributed by atoms with E-state index in [9.17, 15) is 38.4 Å². The monoisotopic (exact) mass is 507 g/mol. The predicted octanol–water partition coefficient (Wildman–Crippen LogP) is 1.60. The van der Waals surface area contributed by atoms with Gasteiger partial charge in [0.2, 0.25) is 5.82 Å². The molecule has 0 radical (unpaired) electrons. The third kappa shape index (κ3) is 4.33. The molecule has 2 heterocycles. The van der Waals surface area contributed by atoms with Gasteiger partial charge in [0.15, 0.2) is 17.7 Å². The van der Waals surface area contributed by atoms with Gasteiger partial charge in [-0.25, -0.2) is 27.5 Å². The Morgan fingerprint density at radius 2 is 1.72 bits per heavy atom. The number of carbonyl (C=O) groups is 1. The summed E-state index contributed by atoms with van der Waals surface area (Å²) in [5.74, 6) is -11.1. The van der Waals surface area contributed by atoms with Crippen LogP contribution in [0.3, 0.4) is 0 Å². The van der Waals surface area contributed by atoms with Gasteiger partial charge in [0.25, 0.3) is 5.91 Å². The molecule has 36 heavy (non-hydrogen) atoms. The highest BCUT2D eigenvalue weighted by Gasteiger charge is 2.33. The van der Waals surface area contributed by atoms with Gasteiger partial charge in [-0.3, -0.25) is 9.20 Å². The van der Waals surface area contributed by atoms with Crippen molar-refractivity contribution in [2.24, 2.45) is 0 Å². The van der Waals surface area contributed by atoms with Crippen molar-refractivity contribution < 1.29 is 42.8 Å². The lowest BCUT2D eigenvalue weighted by atomic mass is 10.1. The Morgan fingerprint density at radius 1 is 1.08 bits per heavy atom. The number of nitrogens with zero attached hydrogens (tertiary/aromatic N) is 3. The number of anilines is 2. The molecular formula is C22H17F4N5O5. The quantitative estimate of drug-likeness (QED) is 0.175. The first-order chi connectivity index (χ1) is 16.8. The second kappa shape index (κ2) is 8.83. The van der Waals surface area contributed by atoms with Gasteiger partial charge in [0.1, 0.15) is 28.7 Å². The highest BCUT2D eigenvalue weighted by Crippen LogP contribution is 2.35. The van der Waals surface area contributed by atoms with Gasteiger partial charge in [0.05, 0.1) is 5.69 Å². The lowest BCUT2D eigenvalue weighted by Gasteiger charge is -2.14. The number of nitrogens with two attached hydrogens (primary N) is 1. The molecule has 0 aliphatic heterocycles. The third-order valence-corrected chi connectivity index (χ3v) is 5.21. The Bertz CT molecular complexity index is 1500. The number of aliphatic hydroxyl groups is 4. The summed E-state index contributed by atoms with van der Waals surface area (Å²) in [4.78, 5) is 20.0. The summed E-state index contributed by atoms with van der Waals surface area (Å²) in [5, 5.41) is 41.1. The van der Waals surface area contributed by atoms with Crippen molar-refractivity contribution in [1.82, 2.24) is 14.4 Å². The van der Waals surface area contributed by atoms with Crippen molar-refractivity contribution in [3.63, 3.8) is 0 Å². The van der Waals surface area contributed by atoms with E-state index in [-0.39, 0.29) is 17.0 Å². The molecule has 0 aliphatic rings. The maximum Gasteiger partial charge on any atom is 0.339 e. The largest absolute Gasteiger partial charge is 0.382 e. The number of aliphatic hydroxyl groups excluding tert-OH is 1. The molecule has 10 nitrogen and oxygen atoms in total. The summed E-state index contributed by atoms with van der Waals surface area (Å²) in [6, 6.07) is 3.77. The number of fused-ring (bicyclic) bond motifs is 1. The maximum absolute atomic E-state index is 15.1. The first kappa shape index (κ1) is 25.0. The highest BCUT2D eigenvalue weighted by atomic mass is 19.2. The Morgan fingerprint density at radius 3 is 2.33 bits per heavy atom. The number of nitrogens with one attached hydrogen (secondary N) is 1. The van der Waals surface area contributed by atoms with Crippen LogP contribution < -0.4 is 11.1 Å². The zero-order chi connectivity index (χ0) is 26.5. The molecule has 1 amide bonds. The molecule has 2 aromatic heterocycles. The van der Waals surface area contributed by atoms with Crippen molar-refractivity contribution in [2.75, 3.05) is 11.1 Å². The average Bonchev–Trinajstić information content (AvgIpc) is 3.20. The number of nitrogen functional groups attached to an aromatic ring is 1. The number of hydrogen-bond donors (Lipinski definition) is 6. The van der Waals surface area contributed by atoms with Crippen molar-refractivity contribution in [3.05, 3.63) is 76.9 Å². The van der Waals surface area contributed by atoms with Gasteiger partial charge in [0, 0.05) is 23.5 Å². The number of hydrogen-bond acceptors (Lipinski definition) is 8. The number of benzene rings is 2. The Labute approximate surface area is 198 Å². The van der Waals surface area contributed by atoms with Crippen molar-refractivity contribution in [1.29, 1.82) is 0 Å². The minimum absolute atomic E-state index is 0.176. The van der Waals surface area contributed by atoms with Crippen LogP contribution in [-0.2, 0) is 10.8 Å². The van der Waals surface area contributed by atoms with Gasteiger partial charge in [-0.15, -0.1) is 0 Å². The molecule has 1 atom stereocenters. The molecule has 0 saturated carbocycles. The molecule has 0 saturated heterocycles. The van der Waals surface area contributed by atoms with E-state index >= 15 is 4.39 Å². The van der Waals surface area contributed by atoms with E-state index in [1.807, 2.05) is 5.32 Å². The molecule has 0 fully saturated rings. The molecule has 14 heteroatoms. The standard InChI is InChI=1S/C22H17F4N5O5/c1-8-7-28-19(27)17-16(30-21(31(8)17)22(34,35)36)12-2-3-13(15(26)14(12)25)29-20(33)18(32)9-4-10(23)6-11(24)5-9/h2-7,18,32,34-36H,1H3,(H2,27,28)(H,29,33). The molecule has 4 aromatic rings. The van der Waals surface area contributed by atoms with E-state index in [2.05, 4.69) is 9.97 Å². The lowest BCUT2D eigenvalue weighted by Crippen LogP contribution is -2.27. The Balaban J connectivity index is 1.75. The fourth-order valence-corrected chi connectivity index (χ4v) is 3.61.